The van der Waals surface area contributed by atoms with Crippen molar-refractivity contribution >= 4 is 17.9 Å². The van der Waals surface area contributed by atoms with E-state index >= 15 is 0 Å². The molecule has 1 saturated heterocycles. The third kappa shape index (κ3) is 29.6. The first-order valence-electron chi connectivity index (χ1n) is 22.6. The Labute approximate surface area is 361 Å². The number of ether oxygens (including phenoxy) is 4. The number of carbonyl (C=O) groups excluding carboxylic acids is 2. The number of carbonyl (C=O) groups is 3. The van der Waals surface area contributed by atoms with Crippen molar-refractivity contribution in [2.75, 3.05) is 13.2 Å². The van der Waals surface area contributed by atoms with Gasteiger partial charge in [0.15, 0.2) is 18.5 Å². The summed E-state index contributed by atoms with van der Waals surface area (Å²) in [5, 5.41) is 39.8. The standard InChI is InChI=1S/C49H78O11/c1-3-5-7-9-11-13-15-17-19-20-21-22-24-25-27-29-31-33-35-37-42(50)57-39-41(40-58-49-46(54)44(52)45(53)47(60-49)48(55)56)59-43(51)38-36-34-32-30-28-26-23-18-16-14-12-10-8-6-4-2/h5-8,11-14,17-19,21-23,41,44-47,49,52-54H,3-4,9-10,15-16,20,24-40H2,1-2H3,(H,55,56)/b7-5-,8-6-,13-11-,14-12-,19-17-,22-21-,23-18-. The Morgan fingerprint density at radius 1 is 0.517 bits per heavy atom. The molecule has 0 saturated carbocycles. The molecule has 1 fully saturated rings. The van der Waals surface area contributed by atoms with Gasteiger partial charge >= 0.3 is 17.9 Å². The normalized spacial score (nSPS) is 20.6. The first kappa shape index (κ1) is 54.4. The molecule has 0 aromatic rings. The molecule has 6 atom stereocenters. The van der Waals surface area contributed by atoms with Gasteiger partial charge in [-0.1, -0.05) is 144 Å². The van der Waals surface area contributed by atoms with Gasteiger partial charge in [0.1, 0.15) is 24.9 Å². The van der Waals surface area contributed by atoms with Gasteiger partial charge in [0.25, 0.3) is 0 Å². The number of hydrogen-bond donors (Lipinski definition) is 4. The molecule has 0 amide bonds. The summed E-state index contributed by atoms with van der Waals surface area (Å²) >= 11 is 0. The van der Waals surface area contributed by atoms with Crippen LogP contribution in [0, 0.1) is 0 Å². The second-order valence-corrected chi connectivity index (χ2v) is 15.1. The van der Waals surface area contributed by atoms with Crippen LogP contribution in [0.25, 0.3) is 0 Å². The van der Waals surface area contributed by atoms with Crippen LogP contribution in [0.5, 0.6) is 0 Å². The van der Waals surface area contributed by atoms with Crippen molar-refractivity contribution in [3.05, 3.63) is 85.1 Å². The largest absolute Gasteiger partial charge is 0.479 e. The number of aliphatic hydroxyl groups excluding tert-OH is 3. The highest BCUT2D eigenvalue weighted by molar-refractivity contribution is 5.73. The van der Waals surface area contributed by atoms with Crippen molar-refractivity contribution in [2.45, 2.75) is 192 Å². The van der Waals surface area contributed by atoms with E-state index in [2.05, 4.69) is 98.9 Å². The topological polar surface area (TPSA) is 169 Å². The van der Waals surface area contributed by atoms with Crippen LogP contribution < -0.4 is 0 Å². The Bertz CT molecular complexity index is 1310. The molecular weight excluding hydrogens is 765 g/mol. The van der Waals surface area contributed by atoms with E-state index in [0.29, 0.717) is 12.8 Å². The molecule has 11 nitrogen and oxygen atoms in total. The van der Waals surface area contributed by atoms with Crippen molar-refractivity contribution in [3.63, 3.8) is 0 Å². The number of carboxylic acid groups (broad SMARTS) is 1. The summed E-state index contributed by atoms with van der Waals surface area (Å²) in [4.78, 5) is 36.8. The lowest BCUT2D eigenvalue weighted by molar-refractivity contribution is -0.298. The van der Waals surface area contributed by atoms with Crippen LogP contribution in [0.4, 0.5) is 0 Å². The number of hydrogen-bond acceptors (Lipinski definition) is 10. The summed E-state index contributed by atoms with van der Waals surface area (Å²) < 4.78 is 21.7. The minimum Gasteiger partial charge on any atom is -0.479 e. The zero-order chi connectivity index (χ0) is 43.9. The predicted molar refractivity (Wildman–Crippen MR) is 238 cm³/mol. The second kappa shape index (κ2) is 38.3. The zero-order valence-corrected chi connectivity index (χ0v) is 36.7. The molecule has 11 heteroatoms. The van der Waals surface area contributed by atoms with Gasteiger partial charge < -0.3 is 39.4 Å². The number of allylic oxidation sites excluding steroid dienone is 14. The molecule has 0 aromatic heterocycles. The lowest BCUT2D eigenvalue weighted by atomic mass is 9.99. The summed E-state index contributed by atoms with van der Waals surface area (Å²) in [5.41, 5.74) is 0. The first-order valence-corrected chi connectivity index (χ1v) is 22.6. The highest BCUT2D eigenvalue weighted by Gasteiger charge is 2.47. The second-order valence-electron chi connectivity index (χ2n) is 15.1. The Kier molecular flexibility index (Phi) is 34.8. The number of aliphatic hydroxyl groups is 3. The maximum absolute atomic E-state index is 12.8. The van der Waals surface area contributed by atoms with E-state index in [9.17, 15) is 34.8 Å². The van der Waals surface area contributed by atoms with Crippen LogP contribution in [-0.2, 0) is 33.3 Å². The summed E-state index contributed by atoms with van der Waals surface area (Å²) in [6.45, 7) is 3.55. The molecule has 0 aliphatic carbocycles. The fourth-order valence-corrected chi connectivity index (χ4v) is 6.24. The van der Waals surface area contributed by atoms with Crippen LogP contribution in [0.3, 0.4) is 0 Å². The fraction of sp³-hybridized carbons (Fsp3) is 0.653. The smallest absolute Gasteiger partial charge is 0.335 e. The van der Waals surface area contributed by atoms with Gasteiger partial charge in [-0.15, -0.1) is 0 Å². The number of esters is 2. The van der Waals surface area contributed by atoms with Crippen LogP contribution in [0.15, 0.2) is 85.1 Å². The van der Waals surface area contributed by atoms with Crippen LogP contribution in [-0.4, -0.2) is 88.4 Å². The minimum absolute atomic E-state index is 0.155. The molecule has 0 bridgehead atoms. The van der Waals surface area contributed by atoms with E-state index in [1.54, 1.807) is 0 Å². The van der Waals surface area contributed by atoms with E-state index in [4.69, 9.17) is 18.9 Å². The lowest BCUT2D eigenvalue weighted by Gasteiger charge is -2.38. The number of carboxylic acids is 1. The maximum atomic E-state index is 12.8. The SMILES string of the molecule is CC/C=C\C/C=C\C/C=C\C/C=C\CCCCCCCCC(=O)OCC(COC1OC(C(=O)O)C(O)C(O)C1O)OC(=O)CCCCCCC/C=C\C/C=C\C/C=C\CC. The van der Waals surface area contributed by atoms with Crippen molar-refractivity contribution in [2.24, 2.45) is 0 Å². The van der Waals surface area contributed by atoms with E-state index in [1.165, 1.54) is 0 Å². The summed E-state index contributed by atoms with van der Waals surface area (Å²) in [6.07, 6.45) is 40.6. The van der Waals surface area contributed by atoms with Gasteiger partial charge in [-0.05, 0) is 83.5 Å². The average Bonchev–Trinajstić information content (AvgIpc) is 3.23. The Morgan fingerprint density at radius 2 is 0.933 bits per heavy atom. The van der Waals surface area contributed by atoms with Gasteiger partial charge in [-0.2, -0.15) is 0 Å². The van der Waals surface area contributed by atoms with Crippen LogP contribution in [0.2, 0.25) is 0 Å². The molecule has 1 aliphatic heterocycles. The van der Waals surface area contributed by atoms with Crippen molar-refractivity contribution in [1.29, 1.82) is 0 Å². The number of rotatable bonds is 36. The van der Waals surface area contributed by atoms with Crippen LogP contribution in [0.1, 0.15) is 155 Å². The molecule has 6 unspecified atom stereocenters. The van der Waals surface area contributed by atoms with Gasteiger partial charge in [-0.3, -0.25) is 9.59 Å². The van der Waals surface area contributed by atoms with E-state index in [1.807, 2.05) is 0 Å². The third-order valence-corrected chi connectivity index (χ3v) is 9.74. The lowest BCUT2D eigenvalue weighted by Crippen LogP contribution is -2.60. The van der Waals surface area contributed by atoms with E-state index in [0.717, 1.165) is 116 Å². The Balaban J connectivity index is 2.39. The van der Waals surface area contributed by atoms with Crippen molar-refractivity contribution in [3.8, 4) is 0 Å². The van der Waals surface area contributed by atoms with Crippen molar-refractivity contribution in [1.82, 2.24) is 0 Å². The maximum Gasteiger partial charge on any atom is 0.335 e. The summed E-state index contributed by atoms with van der Waals surface area (Å²) in [6, 6.07) is 0. The van der Waals surface area contributed by atoms with Gasteiger partial charge in [0.2, 0.25) is 0 Å². The Morgan fingerprint density at radius 3 is 1.40 bits per heavy atom. The van der Waals surface area contributed by atoms with E-state index in [-0.39, 0.29) is 19.4 Å². The average molecular weight is 843 g/mol. The molecule has 60 heavy (non-hydrogen) atoms. The summed E-state index contributed by atoms with van der Waals surface area (Å²) in [5.74, 6) is -2.50. The first-order chi connectivity index (χ1) is 29.2. The third-order valence-electron chi connectivity index (χ3n) is 9.74. The molecule has 340 valence electrons. The highest BCUT2D eigenvalue weighted by atomic mass is 16.7. The van der Waals surface area contributed by atoms with Crippen molar-refractivity contribution < 1.29 is 53.8 Å². The van der Waals surface area contributed by atoms with E-state index < -0.39 is 61.3 Å². The zero-order valence-electron chi connectivity index (χ0n) is 36.7. The number of aliphatic carboxylic acids is 1. The molecule has 0 spiro atoms. The quantitative estimate of drug-likeness (QED) is 0.0269. The van der Waals surface area contributed by atoms with Gasteiger partial charge in [0, 0.05) is 12.8 Å². The van der Waals surface area contributed by atoms with Crippen LogP contribution >= 0.6 is 0 Å². The predicted octanol–water partition coefficient (Wildman–Crippen LogP) is 9.87. The molecule has 0 aromatic carbocycles. The summed E-state index contributed by atoms with van der Waals surface area (Å²) in [7, 11) is 0. The monoisotopic (exact) mass is 843 g/mol. The molecule has 4 N–H and O–H groups in total. The number of unbranched alkanes of at least 4 members (excludes halogenated alkanes) is 11. The molecular formula is C49H78O11. The Hall–Kier alpha value is -3.61. The fourth-order valence-electron chi connectivity index (χ4n) is 6.24. The van der Waals surface area contributed by atoms with Gasteiger partial charge in [-0.25, -0.2) is 4.79 Å². The molecule has 1 rings (SSSR count). The van der Waals surface area contributed by atoms with Gasteiger partial charge in [0.05, 0.1) is 6.61 Å². The highest BCUT2D eigenvalue weighted by Crippen LogP contribution is 2.23. The molecule has 1 heterocycles. The molecule has 0 radical (unpaired) electrons. The molecule has 1 aliphatic rings. The minimum atomic E-state index is -1.87.